The third-order valence-corrected chi connectivity index (χ3v) is 3.65. The van der Waals surface area contributed by atoms with Gasteiger partial charge in [0.25, 0.3) is 0 Å². The minimum Gasteiger partial charge on any atom is -0.395 e. The van der Waals surface area contributed by atoms with Crippen LogP contribution in [0.3, 0.4) is 0 Å². The summed E-state index contributed by atoms with van der Waals surface area (Å²) in [5, 5.41) is 2.90. The zero-order valence-corrected chi connectivity index (χ0v) is 11.9. The molecule has 3 N–H and O–H groups in total. The molecule has 0 spiro atoms. The highest BCUT2D eigenvalue weighted by molar-refractivity contribution is 7.22. The van der Waals surface area contributed by atoms with Gasteiger partial charge in [-0.05, 0) is 13.8 Å². The van der Waals surface area contributed by atoms with E-state index in [4.69, 9.17) is 5.73 Å². The lowest BCUT2D eigenvalue weighted by Crippen LogP contribution is -2.45. The Labute approximate surface area is 121 Å². The lowest BCUT2D eigenvalue weighted by molar-refractivity contribution is -0.286. The maximum atomic E-state index is 12.9. The van der Waals surface area contributed by atoms with Crippen LogP contribution in [-0.4, -0.2) is 22.7 Å². The highest BCUT2D eigenvalue weighted by Gasteiger charge is 2.43. The van der Waals surface area contributed by atoms with E-state index in [1.165, 1.54) is 12.1 Å². The minimum atomic E-state index is -3.66. The molecule has 0 bridgehead atoms. The van der Waals surface area contributed by atoms with Gasteiger partial charge in [0.1, 0.15) is 0 Å². The monoisotopic (exact) mass is 315 g/mol. The van der Waals surface area contributed by atoms with Crippen LogP contribution in [0.2, 0.25) is 0 Å². The van der Waals surface area contributed by atoms with Crippen molar-refractivity contribution in [3.8, 4) is 11.5 Å². The molecule has 1 aliphatic heterocycles. The second-order valence-electron chi connectivity index (χ2n) is 5.13. The van der Waals surface area contributed by atoms with Crippen LogP contribution in [0.1, 0.15) is 13.8 Å². The van der Waals surface area contributed by atoms with Crippen molar-refractivity contribution in [1.82, 2.24) is 4.98 Å². The number of aromatic nitrogens is 1. The van der Waals surface area contributed by atoms with E-state index in [9.17, 15) is 13.6 Å². The first-order chi connectivity index (χ1) is 9.64. The fourth-order valence-corrected chi connectivity index (χ4v) is 2.56. The van der Waals surface area contributed by atoms with Gasteiger partial charge in [-0.15, -0.1) is 8.78 Å². The van der Waals surface area contributed by atoms with Crippen molar-refractivity contribution in [2.24, 2.45) is 5.73 Å². The zero-order valence-electron chi connectivity index (χ0n) is 11.1. The molecular formula is C12H11F2N3O3S. The maximum absolute atomic E-state index is 12.9. The van der Waals surface area contributed by atoms with Crippen molar-refractivity contribution in [3.05, 3.63) is 12.1 Å². The molecule has 1 aromatic heterocycles. The topological polar surface area (TPSA) is 86.5 Å². The van der Waals surface area contributed by atoms with E-state index < -0.39 is 17.7 Å². The highest BCUT2D eigenvalue weighted by Crippen LogP contribution is 2.44. The molecule has 2 aromatic rings. The van der Waals surface area contributed by atoms with Gasteiger partial charge >= 0.3 is 6.29 Å². The van der Waals surface area contributed by atoms with Gasteiger partial charge in [0.2, 0.25) is 5.91 Å². The van der Waals surface area contributed by atoms with Crippen LogP contribution in [0.5, 0.6) is 11.5 Å². The summed E-state index contributed by atoms with van der Waals surface area (Å²) in [7, 11) is 0. The number of nitrogens with zero attached hydrogens (tertiary/aromatic N) is 1. The molecule has 112 valence electrons. The third kappa shape index (κ3) is 2.61. The summed E-state index contributed by atoms with van der Waals surface area (Å²) in [4.78, 5) is 15.9. The average Bonchev–Trinajstić information content (AvgIpc) is 2.81. The zero-order chi connectivity index (χ0) is 15.4. The van der Waals surface area contributed by atoms with Gasteiger partial charge in [-0.3, -0.25) is 4.79 Å². The molecule has 0 unspecified atom stereocenters. The van der Waals surface area contributed by atoms with Gasteiger partial charge < -0.3 is 20.5 Å². The number of fused-ring (bicyclic) bond motifs is 2. The Balaban J connectivity index is 1.92. The normalized spacial score (nSPS) is 16.2. The van der Waals surface area contributed by atoms with Crippen LogP contribution in [0.4, 0.5) is 13.9 Å². The molecule has 6 nitrogen and oxygen atoms in total. The van der Waals surface area contributed by atoms with Crippen LogP contribution in [0, 0.1) is 0 Å². The molecule has 2 heterocycles. The van der Waals surface area contributed by atoms with Crippen LogP contribution >= 0.6 is 11.3 Å². The van der Waals surface area contributed by atoms with Crippen molar-refractivity contribution in [2.75, 3.05) is 5.32 Å². The number of carbonyl (C=O) groups excluding carboxylic acids is 1. The largest absolute Gasteiger partial charge is 0.586 e. The summed E-state index contributed by atoms with van der Waals surface area (Å²) < 4.78 is 35.2. The molecule has 3 rings (SSSR count). The SMILES string of the molecule is CC(C)(N)C(=O)Nc1nc2cc3c(cc2s1)OC(F)(F)O3. The van der Waals surface area contributed by atoms with Gasteiger partial charge in [0.05, 0.1) is 15.8 Å². The first-order valence-electron chi connectivity index (χ1n) is 5.95. The molecule has 0 radical (unpaired) electrons. The Morgan fingerprint density at radius 3 is 2.62 bits per heavy atom. The van der Waals surface area contributed by atoms with Gasteiger partial charge in [-0.25, -0.2) is 4.98 Å². The fourth-order valence-electron chi connectivity index (χ4n) is 1.68. The Hall–Kier alpha value is -2.00. The lowest BCUT2D eigenvalue weighted by Gasteiger charge is -2.16. The van der Waals surface area contributed by atoms with E-state index in [-0.39, 0.29) is 11.5 Å². The number of thiazole rings is 1. The molecule has 1 aromatic carbocycles. The Morgan fingerprint density at radius 1 is 1.38 bits per heavy atom. The molecule has 21 heavy (non-hydrogen) atoms. The Bertz CT molecular complexity index is 694. The third-order valence-electron chi connectivity index (χ3n) is 2.72. The molecule has 0 aliphatic carbocycles. The van der Waals surface area contributed by atoms with Gasteiger partial charge in [-0.2, -0.15) is 0 Å². The van der Waals surface area contributed by atoms with E-state index in [1.807, 2.05) is 0 Å². The Morgan fingerprint density at radius 2 is 2.00 bits per heavy atom. The number of halogens is 2. The van der Waals surface area contributed by atoms with Crippen molar-refractivity contribution in [1.29, 1.82) is 0 Å². The number of nitrogens with two attached hydrogens (primary N) is 1. The predicted molar refractivity (Wildman–Crippen MR) is 72.7 cm³/mol. The first-order valence-corrected chi connectivity index (χ1v) is 6.76. The number of hydrogen-bond donors (Lipinski definition) is 2. The number of alkyl halides is 2. The Kier molecular flexibility index (Phi) is 2.82. The molecule has 1 amide bonds. The summed E-state index contributed by atoms with van der Waals surface area (Å²) in [6.45, 7) is 3.13. The van der Waals surface area contributed by atoms with Gasteiger partial charge in [0.15, 0.2) is 16.6 Å². The number of hydrogen-bond acceptors (Lipinski definition) is 6. The molecule has 1 aliphatic rings. The van der Waals surface area contributed by atoms with Crippen LogP contribution < -0.4 is 20.5 Å². The van der Waals surface area contributed by atoms with E-state index in [0.717, 1.165) is 11.3 Å². The molecular weight excluding hydrogens is 304 g/mol. The number of carbonyl (C=O) groups is 1. The smallest absolute Gasteiger partial charge is 0.395 e. The van der Waals surface area contributed by atoms with Gasteiger partial charge in [0, 0.05) is 12.1 Å². The van der Waals surface area contributed by atoms with Crippen molar-refractivity contribution >= 4 is 32.6 Å². The van der Waals surface area contributed by atoms with Gasteiger partial charge in [-0.1, -0.05) is 11.3 Å². The molecule has 0 fully saturated rings. The van der Waals surface area contributed by atoms with Crippen molar-refractivity contribution < 1.29 is 23.0 Å². The number of ether oxygens (including phenoxy) is 2. The summed E-state index contributed by atoms with van der Waals surface area (Å²) in [5.74, 6) is -0.545. The van der Waals surface area contributed by atoms with E-state index in [0.29, 0.717) is 15.3 Å². The van der Waals surface area contributed by atoms with Crippen molar-refractivity contribution in [2.45, 2.75) is 25.7 Å². The quantitative estimate of drug-likeness (QED) is 0.888. The summed E-state index contributed by atoms with van der Waals surface area (Å²) in [6, 6.07) is 2.73. The summed E-state index contributed by atoms with van der Waals surface area (Å²) in [6.07, 6.45) is -3.66. The number of benzene rings is 1. The van der Waals surface area contributed by atoms with E-state index in [2.05, 4.69) is 19.8 Å². The minimum absolute atomic E-state index is 0.0619. The number of nitrogens with one attached hydrogen (secondary N) is 1. The van der Waals surface area contributed by atoms with Crippen molar-refractivity contribution in [3.63, 3.8) is 0 Å². The highest BCUT2D eigenvalue weighted by atomic mass is 32.1. The summed E-state index contributed by atoms with van der Waals surface area (Å²) >= 11 is 1.13. The number of amides is 1. The maximum Gasteiger partial charge on any atom is 0.586 e. The number of anilines is 1. The molecule has 0 atom stereocenters. The molecule has 0 saturated carbocycles. The second kappa shape index (κ2) is 4.25. The lowest BCUT2D eigenvalue weighted by atomic mass is 10.1. The molecule has 9 heteroatoms. The molecule has 0 saturated heterocycles. The standard InChI is InChI=1S/C12H11F2N3O3S/c1-11(2,15)9(18)17-10-16-5-3-6-7(4-8(5)21-10)20-12(13,14)19-6/h3-4H,15H2,1-2H3,(H,16,17,18). The first kappa shape index (κ1) is 14.0. The number of rotatable bonds is 2. The van der Waals surface area contributed by atoms with Crippen LogP contribution in [-0.2, 0) is 4.79 Å². The second-order valence-corrected chi connectivity index (χ2v) is 6.16. The van der Waals surface area contributed by atoms with Crippen LogP contribution in [0.25, 0.3) is 10.2 Å². The average molecular weight is 315 g/mol. The summed E-state index contributed by atoms with van der Waals surface area (Å²) in [5.41, 5.74) is 5.05. The van der Waals surface area contributed by atoms with Crippen LogP contribution in [0.15, 0.2) is 12.1 Å². The fraction of sp³-hybridized carbons (Fsp3) is 0.333. The predicted octanol–water partition coefficient (Wildman–Crippen LogP) is 2.29. The van der Waals surface area contributed by atoms with E-state index >= 15 is 0 Å². The van der Waals surface area contributed by atoms with E-state index in [1.54, 1.807) is 13.8 Å².